The maximum Gasteiger partial charge on any atom is 0.305 e. The van der Waals surface area contributed by atoms with Crippen molar-refractivity contribution in [2.45, 2.75) is 135 Å². The minimum atomic E-state index is -0.0774. The second kappa shape index (κ2) is 20.8. The van der Waals surface area contributed by atoms with Crippen LogP contribution in [0.4, 0.5) is 0 Å². The van der Waals surface area contributed by atoms with Crippen LogP contribution in [-0.2, 0) is 16.1 Å². The zero-order valence-electron chi connectivity index (χ0n) is 22.6. The fraction of sp³-hybridized carbons (Fsp3) is 0.710. The van der Waals surface area contributed by atoms with E-state index in [1.54, 1.807) is 0 Å². The zero-order valence-corrected chi connectivity index (χ0v) is 22.6. The van der Waals surface area contributed by atoms with Crippen LogP contribution in [0.2, 0.25) is 0 Å². The molecule has 0 atom stereocenters. The molecule has 0 saturated heterocycles. The Morgan fingerprint density at radius 2 is 1.25 bits per heavy atom. The van der Waals surface area contributed by atoms with E-state index in [-0.39, 0.29) is 5.97 Å². The molecule has 1 heterocycles. The van der Waals surface area contributed by atoms with Crippen LogP contribution in [0, 0.1) is 11.3 Å². The first-order chi connectivity index (χ1) is 17.8. The maximum absolute atomic E-state index is 12.0. The molecule has 2 rings (SSSR count). The van der Waals surface area contributed by atoms with E-state index >= 15 is 0 Å². The Morgan fingerprint density at radius 1 is 0.750 bits per heavy atom. The number of nitriles is 1. The number of carbonyl (C=O) groups excluding carboxylic acids is 1. The van der Waals surface area contributed by atoms with Crippen LogP contribution in [0.5, 0.6) is 0 Å². The summed E-state index contributed by atoms with van der Waals surface area (Å²) in [7, 11) is 0. The molecule has 0 unspecified atom stereocenters. The molecule has 200 valence electrons. The van der Waals surface area contributed by atoms with E-state index in [1.165, 1.54) is 96.3 Å². The van der Waals surface area contributed by atoms with Gasteiger partial charge in [0.1, 0.15) is 6.61 Å². The zero-order chi connectivity index (χ0) is 25.5. The number of esters is 1. The van der Waals surface area contributed by atoms with Gasteiger partial charge in [0, 0.05) is 12.8 Å². The number of aromatic nitrogens is 2. The highest BCUT2D eigenvalue weighted by atomic mass is 16.5. The first-order valence-corrected chi connectivity index (χ1v) is 14.7. The second-order valence-corrected chi connectivity index (χ2v) is 10.2. The molecule has 5 heteroatoms. The van der Waals surface area contributed by atoms with Gasteiger partial charge in [-0.2, -0.15) is 5.26 Å². The van der Waals surface area contributed by atoms with E-state index in [1.807, 2.05) is 35.2 Å². The maximum atomic E-state index is 12.0. The average Bonchev–Trinajstić information content (AvgIpc) is 3.30. The topological polar surface area (TPSA) is 67.9 Å². The van der Waals surface area contributed by atoms with Gasteiger partial charge in [-0.25, -0.2) is 4.98 Å². The highest BCUT2D eigenvalue weighted by Gasteiger charge is 2.05. The molecule has 0 aliphatic heterocycles. The van der Waals surface area contributed by atoms with Crippen LogP contribution in [0.25, 0.3) is 11.0 Å². The van der Waals surface area contributed by atoms with Crippen molar-refractivity contribution in [1.29, 1.82) is 5.26 Å². The van der Waals surface area contributed by atoms with Crippen molar-refractivity contribution in [3.63, 3.8) is 0 Å². The van der Waals surface area contributed by atoms with Crippen molar-refractivity contribution in [2.24, 2.45) is 0 Å². The summed E-state index contributed by atoms with van der Waals surface area (Å²) in [6.07, 6.45) is 26.4. The van der Waals surface area contributed by atoms with Gasteiger partial charge in [0.15, 0.2) is 0 Å². The van der Waals surface area contributed by atoms with Crippen molar-refractivity contribution in [3.8, 4) is 6.07 Å². The summed E-state index contributed by atoms with van der Waals surface area (Å²) in [5, 5.41) is 8.52. The third-order valence-electron chi connectivity index (χ3n) is 7.04. The van der Waals surface area contributed by atoms with Crippen molar-refractivity contribution in [2.75, 3.05) is 6.61 Å². The molecular formula is C31H49N3O2. The summed E-state index contributed by atoms with van der Waals surface area (Å²) in [4.78, 5) is 16.3. The predicted molar refractivity (Wildman–Crippen MR) is 149 cm³/mol. The SMILES string of the molecule is N#CCCCCCCCCCCCCCCCCCCCCC(=O)OCCn1cnc2ccccc21. The van der Waals surface area contributed by atoms with Crippen molar-refractivity contribution < 1.29 is 9.53 Å². The van der Waals surface area contributed by atoms with Crippen LogP contribution in [-0.4, -0.2) is 22.1 Å². The normalized spacial score (nSPS) is 11.1. The Hall–Kier alpha value is -2.35. The number of hydrogen-bond donors (Lipinski definition) is 0. The fourth-order valence-electron chi connectivity index (χ4n) is 4.82. The Balaban J connectivity index is 1.27. The molecule has 0 bridgehead atoms. The van der Waals surface area contributed by atoms with Crippen molar-refractivity contribution in [3.05, 3.63) is 30.6 Å². The molecule has 2 aromatic rings. The number of ether oxygens (including phenoxy) is 1. The van der Waals surface area contributed by atoms with Crippen LogP contribution < -0.4 is 0 Å². The number of hydrogen-bond acceptors (Lipinski definition) is 4. The summed E-state index contributed by atoms with van der Waals surface area (Å²) < 4.78 is 7.44. The van der Waals surface area contributed by atoms with Crippen LogP contribution in [0.15, 0.2) is 30.6 Å². The average molecular weight is 496 g/mol. The number of benzene rings is 1. The number of fused-ring (bicyclic) bond motifs is 1. The van der Waals surface area contributed by atoms with Gasteiger partial charge in [-0.3, -0.25) is 4.79 Å². The number of nitrogens with zero attached hydrogens (tertiary/aromatic N) is 3. The van der Waals surface area contributed by atoms with Crippen LogP contribution in [0.3, 0.4) is 0 Å². The molecule has 0 saturated carbocycles. The lowest BCUT2D eigenvalue weighted by molar-refractivity contribution is -0.144. The molecule has 0 spiro atoms. The molecule has 0 radical (unpaired) electrons. The van der Waals surface area contributed by atoms with E-state index in [9.17, 15) is 4.79 Å². The van der Waals surface area contributed by atoms with Crippen LogP contribution in [0.1, 0.15) is 128 Å². The Kier molecular flexibility index (Phi) is 17.3. The number of carbonyl (C=O) groups is 1. The number of para-hydroxylation sites is 2. The highest BCUT2D eigenvalue weighted by molar-refractivity contribution is 5.75. The lowest BCUT2D eigenvalue weighted by Gasteiger charge is -2.07. The third kappa shape index (κ3) is 14.3. The molecule has 0 amide bonds. The fourth-order valence-corrected chi connectivity index (χ4v) is 4.82. The summed E-state index contributed by atoms with van der Waals surface area (Å²) in [6.45, 7) is 1.06. The van der Waals surface area contributed by atoms with Gasteiger partial charge in [0.25, 0.3) is 0 Å². The molecule has 0 aliphatic rings. The lowest BCUT2D eigenvalue weighted by Crippen LogP contribution is -2.10. The van der Waals surface area contributed by atoms with Gasteiger partial charge in [0.2, 0.25) is 0 Å². The van der Waals surface area contributed by atoms with Gasteiger partial charge in [-0.15, -0.1) is 0 Å². The first-order valence-electron chi connectivity index (χ1n) is 14.7. The number of rotatable bonds is 23. The molecular weight excluding hydrogens is 446 g/mol. The second-order valence-electron chi connectivity index (χ2n) is 10.2. The predicted octanol–water partition coefficient (Wildman–Crippen LogP) is 8.91. The Labute approximate surface area is 219 Å². The highest BCUT2D eigenvalue weighted by Crippen LogP contribution is 2.15. The third-order valence-corrected chi connectivity index (χ3v) is 7.04. The molecule has 0 aliphatic carbocycles. The molecule has 5 nitrogen and oxygen atoms in total. The van der Waals surface area contributed by atoms with Gasteiger partial charge in [-0.1, -0.05) is 115 Å². The smallest absolute Gasteiger partial charge is 0.305 e. The van der Waals surface area contributed by atoms with Gasteiger partial charge in [0.05, 0.1) is 30.0 Å². The van der Waals surface area contributed by atoms with Gasteiger partial charge >= 0.3 is 5.97 Å². The number of imidazole rings is 1. The molecule has 36 heavy (non-hydrogen) atoms. The van der Waals surface area contributed by atoms with Crippen molar-refractivity contribution in [1.82, 2.24) is 9.55 Å². The molecule has 0 fully saturated rings. The minimum absolute atomic E-state index is 0.0774. The first kappa shape index (κ1) is 29.9. The van der Waals surface area contributed by atoms with Gasteiger partial charge in [-0.05, 0) is 25.0 Å². The van der Waals surface area contributed by atoms with Crippen molar-refractivity contribution >= 4 is 17.0 Å². The standard InChI is InChI=1S/C31H49N3O2/c32-25-21-17-15-13-11-9-7-5-3-1-2-4-6-8-10-12-14-16-18-24-31(35)36-27-26-34-28-33-29-22-19-20-23-30(29)34/h19-20,22-23,28H,1-18,21,24,26-27H2. The van der Waals surface area contributed by atoms with E-state index in [0.717, 1.165) is 36.7 Å². The number of unbranched alkanes of at least 4 members (excludes halogenated alkanes) is 18. The quantitative estimate of drug-likeness (QED) is 0.114. The summed E-state index contributed by atoms with van der Waals surface area (Å²) in [6, 6.07) is 10.2. The molecule has 1 aromatic carbocycles. The molecule has 0 N–H and O–H groups in total. The van der Waals surface area contributed by atoms with E-state index in [2.05, 4.69) is 11.1 Å². The Morgan fingerprint density at radius 3 is 1.81 bits per heavy atom. The monoisotopic (exact) mass is 495 g/mol. The minimum Gasteiger partial charge on any atom is -0.464 e. The largest absolute Gasteiger partial charge is 0.464 e. The molecule has 1 aromatic heterocycles. The van der Waals surface area contributed by atoms with Crippen LogP contribution >= 0.6 is 0 Å². The Bertz CT molecular complexity index is 855. The summed E-state index contributed by atoms with van der Waals surface area (Å²) >= 11 is 0. The van der Waals surface area contributed by atoms with E-state index < -0.39 is 0 Å². The summed E-state index contributed by atoms with van der Waals surface area (Å²) in [5.41, 5.74) is 2.05. The van der Waals surface area contributed by atoms with E-state index in [0.29, 0.717) is 19.6 Å². The van der Waals surface area contributed by atoms with E-state index in [4.69, 9.17) is 10.00 Å². The lowest BCUT2D eigenvalue weighted by atomic mass is 10.0. The summed E-state index contributed by atoms with van der Waals surface area (Å²) in [5.74, 6) is -0.0774. The van der Waals surface area contributed by atoms with Gasteiger partial charge < -0.3 is 9.30 Å².